The summed E-state index contributed by atoms with van der Waals surface area (Å²) in [6, 6.07) is 0. The average molecular weight is 214 g/mol. The Labute approximate surface area is 89.5 Å². The van der Waals surface area contributed by atoms with E-state index in [-0.39, 0.29) is 0 Å². The van der Waals surface area contributed by atoms with E-state index in [2.05, 4.69) is 24.1 Å². The number of ether oxygens (including phenoxy) is 1. The standard InChI is InChI=1S/C10H18N2OS/c1-4-5-11-6-7-13-10-12-8(2)9(3)14-10/h11H,4-7H2,1-3H3. The molecule has 0 amide bonds. The van der Waals surface area contributed by atoms with Crippen LogP contribution in [-0.2, 0) is 0 Å². The molecule has 0 atom stereocenters. The third-order valence-electron chi connectivity index (χ3n) is 1.94. The van der Waals surface area contributed by atoms with Crippen molar-refractivity contribution in [1.29, 1.82) is 0 Å². The van der Waals surface area contributed by atoms with Gasteiger partial charge in [-0.1, -0.05) is 18.3 Å². The molecular formula is C10H18N2OS. The lowest BCUT2D eigenvalue weighted by atomic mass is 10.4. The van der Waals surface area contributed by atoms with Crippen molar-refractivity contribution in [3.05, 3.63) is 10.6 Å². The minimum atomic E-state index is 0.701. The predicted molar refractivity (Wildman–Crippen MR) is 60.2 cm³/mol. The lowest BCUT2D eigenvalue weighted by Crippen LogP contribution is -2.21. The van der Waals surface area contributed by atoms with Crippen LogP contribution in [-0.4, -0.2) is 24.7 Å². The van der Waals surface area contributed by atoms with Gasteiger partial charge in [0.2, 0.25) is 0 Å². The van der Waals surface area contributed by atoms with Crippen LogP contribution in [0.3, 0.4) is 0 Å². The highest BCUT2D eigenvalue weighted by Crippen LogP contribution is 2.22. The molecule has 0 saturated carbocycles. The largest absolute Gasteiger partial charge is 0.469 e. The maximum absolute atomic E-state index is 5.50. The number of rotatable bonds is 6. The van der Waals surface area contributed by atoms with Gasteiger partial charge in [-0.05, 0) is 26.8 Å². The molecule has 0 aromatic carbocycles. The van der Waals surface area contributed by atoms with Gasteiger partial charge in [-0.25, -0.2) is 4.98 Å². The van der Waals surface area contributed by atoms with Gasteiger partial charge in [0.25, 0.3) is 5.19 Å². The van der Waals surface area contributed by atoms with Crippen LogP contribution in [0.4, 0.5) is 0 Å². The fourth-order valence-corrected chi connectivity index (χ4v) is 1.80. The SMILES string of the molecule is CCCNCCOc1nc(C)c(C)s1. The van der Waals surface area contributed by atoms with Crippen molar-refractivity contribution in [1.82, 2.24) is 10.3 Å². The van der Waals surface area contributed by atoms with Gasteiger partial charge in [-0.3, -0.25) is 0 Å². The van der Waals surface area contributed by atoms with Gasteiger partial charge in [0.05, 0.1) is 5.69 Å². The van der Waals surface area contributed by atoms with Crippen LogP contribution in [0.15, 0.2) is 0 Å². The number of aryl methyl sites for hydroxylation is 2. The second kappa shape index (κ2) is 5.98. The molecule has 0 saturated heterocycles. The zero-order valence-electron chi connectivity index (χ0n) is 9.09. The summed E-state index contributed by atoms with van der Waals surface area (Å²) in [6.07, 6.45) is 1.16. The van der Waals surface area contributed by atoms with Crippen molar-refractivity contribution in [2.45, 2.75) is 27.2 Å². The number of aromatic nitrogens is 1. The van der Waals surface area contributed by atoms with Crippen molar-refractivity contribution in [2.75, 3.05) is 19.7 Å². The van der Waals surface area contributed by atoms with Crippen LogP contribution in [0.25, 0.3) is 0 Å². The van der Waals surface area contributed by atoms with E-state index in [9.17, 15) is 0 Å². The summed E-state index contributed by atoms with van der Waals surface area (Å²) in [7, 11) is 0. The molecule has 0 bridgehead atoms. The number of nitrogens with zero attached hydrogens (tertiary/aromatic N) is 1. The second-order valence-corrected chi connectivity index (χ2v) is 4.39. The molecule has 0 spiro atoms. The number of hydrogen-bond donors (Lipinski definition) is 1. The molecule has 1 N–H and O–H groups in total. The Balaban J connectivity index is 2.18. The lowest BCUT2D eigenvalue weighted by molar-refractivity contribution is 0.312. The van der Waals surface area contributed by atoms with Gasteiger partial charge < -0.3 is 10.1 Å². The van der Waals surface area contributed by atoms with Crippen molar-refractivity contribution in [3.63, 3.8) is 0 Å². The van der Waals surface area contributed by atoms with Crippen molar-refractivity contribution in [3.8, 4) is 5.19 Å². The van der Waals surface area contributed by atoms with Crippen molar-refractivity contribution < 1.29 is 4.74 Å². The third kappa shape index (κ3) is 3.64. The van der Waals surface area contributed by atoms with Crippen molar-refractivity contribution >= 4 is 11.3 Å². The van der Waals surface area contributed by atoms with Crippen LogP contribution in [0.2, 0.25) is 0 Å². The van der Waals surface area contributed by atoms with Crippen LogP contribution in [0, 0.1) is 13.8 Å². The first-order valence-corrected chi connectivity index (χ1v) is 5.83. The Bertz CT molecular complexity index is 254. The van der Waals surface area contributed by atoms with Gasteiger partial charge in [0.15, 0.2) is 0 Å². The second-order valence-electron chi connectivity index (χ2n) is 3.22. The maximum atomic E-state index is 5.50. The Morgan fingerprint density at radius 2 is 2.14 bits per heavy atom. The molecule has 0 unspecified atom stereocenters. The molecular weight excluding hydrogens is 196 g/mol. The Hall–Kier alpha value is -0.610. The van der Waals surface area contributed by atoms with E-state index in [1.807, 2.05) is 6.92 Å². The van der Waals surface area contributed by atoms with Crippen LogP contribution >= 0.6 is 11.3 Å². The first kappa shape index (κ1) is 11.5. The molecule has 1 rings (SSSR count). The zero-order chi connectivity index (χ0) is 10.4. The van der Waals surface area contributed by atoms with E-state index < -0.39 is 0 Å². The molecule has 0 radical (unpaired) electrons. The fraction of sp³-hybridized carbons (Fsp3) is 0.700. The first-order valence-electron chi connectivity index (χ1n) is 5.01. The monoisotopic (exact) mass is 214 g/mol. The fourth-order valence-electron chi connectivity index (χ4n) is 1.02. The summed E-state index contributed by atoms with van der Waals surface area (Å²) >= 11 is 1.62. The highest BCUT2D eigenvalue weighted by atomic mass is 32.1. The molecule has 1 aromatic rings. The van der Waals surface area contributed by atoms with E-state index in [4.69, 9.17) is 4.74 Å². The summed E-state index contributed by atoms with van der Waals surface area (Å²) < 4.78 is 5.50. The Morgan fingerprint density at radius 3 is 2.71 bits per heavy atom. The molecule has 4 heteroatoms. The molecule has 0 aliphatic carbocycles. The third-order valence-corrected chi connectivity index (χ3v) is 2.93. The van der Waals surface area contributed by atoms with E-state index in [1.54, 1.807) is 11.3 Å². The summed E-state index contributed by atoms with van der Waals surface area (Å²) in [5.74, 6) is 0. The van der Waals surface area contributed by atoms with E-state index >= 15 is 0 Å². The topological polar surface area (TPSA) is 34.1 Å². The minimum Gasteiger partial charge on any atom is -0.469 e. The van der Waals surface area contributed by atoms with E-state index in [0.29, 0.717) is 6.61 Å². The number of thiazole rings is 1. The Kier molecular flexibility index (Phi) is 4.90. The van der Waals surface area contributed by atoms with Gasteiger partial charge in [-0.15, -0.1) is 0 Å². The molecule has 1 aromatic heterocycles. The summed E-state index contributed by atoms with van der Waals surface area (Å²) in [6.45, 7) is 8.88. The molecule has 0 aliphatic rings. The van der Waals surface area contributed by atoms with E-state index in [0.717, 1.165) is 30.4 Å². The van der Waals surface area contributed by atoms with Gasteiger partial charge in [-0.2, -0.15) is 0 Å². The van der Waals surface area contributed by atoms with Crippen LogP contribution < -0.4 is 10.1 Å². The van der Waals surface area contributed by atoms with E-state index in [1.165, 1.54) is 4.88 Å². The average Bonchev–Trinajstić information content (AvgIpc) is 2.46. The highest BCUT2D eigenvalue weighted by Gasteiger charge is 2.03. The van der Waals surface area contributed by atoms with Gasteiger partial charge in [0.1, 0.15) is 6.61 Å². The minimum absolute atomic E-state index is 0.701. The van der Waals surface area contributed by atoms with Crippen LogP contribution in [0.1, 0.15) is 23.9 Å². The van der Waals surface area contributed by atoms with Gasteiger partial charge >= 0.3 is 0 Å². The zero-order valence-corrected chi connectivity index (χ0v) is 9.91. The number of nitrogens with one attached hydrogen (secondary N) is 1. The quantitative estimate of drug-likeness (QED) is 0.737. The van der Waals surface area contributed by atoms with Crippen molar-refractivity contribution in [2.24, 2.45) is 0 Å². The normalized spacial score (nSPS) is 10.5. The maximum Gasteiger partial charge on any atom is 0.273 e. The van der Waals surface area contributed by atoms with Gasteiger partial charge in [0, 0.05) is 11.4 Å². The molecule has 80 valence electrons. The summed E-state index contributed by atoms with van der Waals surface area (Å²) in [5, 5.41) is 4.07. The molecule has 0 aliphatic heterocycles. The smallest absolute Gasteiger partial charge is 0.273 e. The predicted octanol–water partition coefficient (Wildman–Crippen LogP) is 2.14. The molecule has 14 heavy (non-hydrogen) atoms. The van der Waals surface area contributed by atoms with Crippen LogP contribution in [0.5, 0.6) is 5.19 Å². The molecule has 3 nitrogen and oxygen atoms in total. The molecule has 0 fully saturated rings. The Morgan fingerprint density at radius 1 is 1.36 bits per heavy atom. The summed E-state index contributed by atoms with van der Waals surface area (Å²) in [4.78, 5) is 5.53. The first-order chi connectivity index (χ1) is 6.74. The number of hydrogen-bond acceptors (Lipinski definition) is 4. The highest BCUT2D eigenvalue weighted by molar-refractivity contribution is 7.13. The lowest BCUT2D eigenvalue weighted by Gasteiger charge is -2.02. The molecule has 1 heterocycles. The summed E-state index contributed by atoms with van der Waals surface area (Å²) in [5.41, 5.74) is 1.08.